The van der Waals surface area contributed by atoms with Crippen molar-refractivity contribution in [1.82, 2.24) is 4.31 Å². The highest BCUT2D eigenvalue weighted by Gasteiger charge is 2.29. The molecular weight excluding hydrogens is 293 g/mol. The number of piperidine rings is 1. The first-order chi connectivity index (χ1) is 9.89. The normalized spacial score (nSPS) is 18.3. The minimum absolute atomic E-state index is 0.0176. The Balaban J connectivity index is 1.98. The Labute approximate surface area is 126 Å². The van der Waals surface area contributed by atoms with Gasteiger partial charge in [-0.2, -0.15) is 4.31 Å². The molecule has 0 amide bonds. The van der Waals surface area contributed by atoms with Crippen molar-refractivity contribution in [3.05, 3.63) is 30.1 Å². The van der Waals surface area contributed by atoms with Crippen molar-refractivity contribution in [1.29, 1.82) is 0 Å². The van der Waals surface area contributed by atoms with E-state index < -0.39 is 15.8 Å². The van der Waals surface area contributed by atoms with Crippen molar-refractivity contribution < 1.29 is 17.5 Å². The third-order valence-electron chi connectivity index (χ3n) is 3.50. The predicted octanol–water partition coefficient (Wildman–Crippen LogP) is 2.65. The van der Waals surface area contributed by atoms with Gasteiger partial charge in [-0.15, -0.1) is 0 Å². The van der Waals surface area contributed by atoms with Crippen molar-refractivity contribution in [2.75, 3.05) is 19.7 Å². The van der Waals surface area contributed by atoms with Crippen LogP contribution in [0.3, 0.4) is 0 Å². The maximum Gasteiger partial charge on any atom is 0.243 e. The fourth-order valence-electron chi connectivity index (χ4n) is 2.34. The molecule has 0 atom stereocenters. The fourth-order valence-corrected chi connectivity index (χ4v) is 3.85. The molecule has 118 valence electrons. The highest BCUT2D eigenvalue weighted by atomic mass is 32.2. The monoisotopic (exact) mass is 315 g/mol. The van der Waals surface area contributed by atoms with Crippen LogP contribution in [0.15, 0.2) is 29.2 Å². The molecule has 1 aromatic carbocycles. The van der Waals surface area contributed by atoms with Gasteiger partial charge in [-0.3, -0.25) is 0 Å². The topological polar surface area (TPSA) is 46.6 Å². The quantitative estimate of drug-likeness (QED) is 0.839. The van der Waals surface area contributed by atoms with Crippen molar-refractivity contribution in [2.45, 2.75) is 37.7 Å². The second kappa shape index (κ2) is 6.85. The van der Waals surface area contributed by atoms with Crippen LogP contribution in [0.1, 0.15) is 26.7 Å². The lowest BCUT2D eigenvalue weighted by atomic mass is 10.1. The second-order valence-electron chi connectivity index (χ2n) is 5.79. The summed E-state index contributed by atoms with van der Waals surface area (Å²) in [5.41, 5.74) is 0. The number of halogens is 1. The molecule has 0 radical (unpaired) electrons. The highest BCUT2D eigenvalue weighted by molar-refractivity contribution is 7.89. The van der Waals surface area contributed by atoms with Gasteiger partial charge >= 0.3 is 0 Å². The van der Waals surface area contributed by atoms with Gasteiger partial charge in [0, 0.05) is 19.7 Å². The van der Waals surface area contributed by atoms with E-state index in [1.807, 2.05) is 0 Å². The van der Waals surface area contributed by atoms with Crippen molar-refractivity contribution in [3.8, 4) is 0 Å². The first-order valence-corrected chi connectivity index (χ1v) is 8.71. The molecule has 0 saturated carbocycles. The minimum atomic E-state index is -3.60. The van der Waals surface area contributed by atoms with Crippen LogP contribution in [0.2, 0.25) is 0 Å². The Kier molecular flexibility index (Phi) is 5.35. The van der Waals surface area contributed by atoms with E-state index in [-0.39, 0.29) is 11.0 Å². The van der Waals surface area contributed by atoms with Crippen LogP contribution in [0.5, 0.6) is 0 Å². The van der Waals surface area contributed by atoms with Gasteiger partial charge in [0.2, 0.25) is 10.0 Å². The zero-order chi connectivity index (χ0) is 15.5. The van der Waals surface area contributed by atoms with Gasteiger partial charge in [-0.25, -0.2) is 12.8 Å². The van der Waals surface area contributed by atoms with Gasteiger partial charge in [0.1, 0.15) is 5.82 Å². The summed E-state index contributed by atoms with van der Waals surface area (Å²) in [6.45, 7) is 5.71. The molecule has 1 aromatic rings. The van der Waals surface area contributed by atoms with Crippen molar-refractivity contribution in [2.24, 2.45) is 5.92 Å². The van der Waals surface area contributed by atoms with Crippen LogP contribution >= 0.6 is 0 Å². The third kappa shape index (κ3) is 4.25. The Hall–Kier alpha value is -0.980. The summed E-state index contributed by atoms with van der Waals surface area (Å²) >= 11 is 0. The lowest BCUT2D eigenvalue weighted by molar-refractivity contribution is 0.00748. The molecule has 0 bridgehead atoms. The second-order valence-corrected chi connectivity index (χ2v) is 7.73. The van der Waals surface area contributed by atoms with Gasteiger partial charge in [-0.1, -0.05) is 19.9 Å². The first kappa shape index (κ1) is 16.4. The third-order valence-corrected chi connectivity index (χ3v) is 5.39. The molecule has 2 rings (SSSR count). The molecule has 0 N–H and O–H groups in total. The van der Waals surface area contributed by atoms with E-state index in [1.165, 1.54) is 22.5 Å². The van der Waals surface area contributed by atoms with E-state index in [0.29, 0.717) is 38.5 Å². The lowest BCUT2D eigenvalue weighted by Gasteiger charge is -2.31. The Bertz CT molecular complexity index is 566. The number of nitrogens with zero attached hydrogens (tertiary/aromatic N) is 1. The minimum Gasteiger partial charge on any atom is -0.378 e. The molecule has 1 fully saturated rings. The summed E-state index contributed by atoms with van der Waals surface area (Å²) in [5, 5.41) is 0. The van der Waals surface area contributed by atoms with Crippen LogP contribution in [0, 0.1) is 11.7 Å². The van der Waals surface area contributed by atoms with E-state index in [0.717, 1.165) is 6.07 Å². The summed E-state index contributed by atoms with van der Waals surface area (Å²) in [4.78, 5) is 0.0176. The van der Waals surface area contributed by atoms with Gasteiger partial charge in [-0.05, 0) is 37.0 Å². The average molecular weight is 315 g/mol. The van der Waals surface area contributed by atoms with E-state index in [1.54, 1.807) is 0 Å². The maximum absolute atomic E-state index is 13.2. The smallest absolute Gasteiger partial charge is 0.243 e. The summed E-state index contributed by atoms with van der Waals surface area (Å²) < 4.78 is 45.2. The van der Waals surface area contributed by atoms with Crippen molar-refractivity contribution >= 4 is 10.0 Å². The highest BCUT2D eigenvalue weighted by Crippen LogP contribution is 2.22. The summed E-state index contributed by atoms with van der Waals surface area (Å²) in [7, 11) is -3.60. The van der Waals surface area contributed by atoms with E-state index >= 15 is 0 Å². The van der Waals surface area contributed by atoms with Crippen LogP contribution in [0.4, 0.5) is 4.39 Å². The van der Waals surface area contributed by atoms with E-state index in [2.05, 4.69) is 13.8 Å². The van der Waals surface area contributed by atoms with Crippen LogP contribution in [-0.4, -0.2) is 38.5 Å². The molecule has 21 heavy (non-hydrogen) atoms. The number of rotatable bonds is 5. The lowest BCUT2D eigenvalue weighted by Crippen LogP contribution is -2.41. The number of hydrogen-bond acceptors (Lipinski definition) is 3. The van der Waals surface area contributed by atoms with E-state index in [4.69, 9.17) is 4.74 Å². The molecule has 1 heterocycles. The van der Waals surface area contributed by atoms with Gasteiger partial charge in [0.15, 0.2) is 0 Å². The molecule has 1 aliphatic rings. The zero-order valence-electron chi connectivity index (χ0n) is 12.5. The predicted molar refractivity (Wildman–Crippen MR) is 79.0 cm³/mol. The molecule has 0 spiro atoms. The van der Waals surface area contributed by atoms with Crippen LogP contribution in [0.25, 0.3) is 0 Å². The van der Waals surface area contributed by atoms with Gasteiger partial charge in [0.05, 0.1) is 11.0 Å². The standard InChI is InChI=1S/C15H22FNO3S/c1-12(2)11-20-14-6-8-17(9-7-14)21(18,19)15-5-3-4-13(16)10-15/h3-5,10,12,14H,6-9,11H2,1-2H3. The van der Waals surface area contributed by atoms with Gasteiger partial charge in [0.25, 0.3) is 0 Å². The fraction of sp³-hybridized carbons (Fsp3) is 0.600. The Morgan fingerprint density at radius 1 is 1.33 bits per heavy atom. The summed E-state index contributed by atoms with van der Waals surface area (Å²) in [6.07, 6.45) is 1.48. The van der Waals surface area contributed by atoms with Crippen LogP contribution in [-0.2, 0) is 14.8 Å². The maximum atomic E-state index is 13.2. The van der Waals surface area contributed by atoms with Gasteiger partial charge < -0.3 is 4.74 Å². The average Bonchev–Trinajstić information content (AvgIpc) is 2.45. The van der Waals surface area contributed by atoms with Crippen LogP contribution < -0.4 is 0 Å². The zero-order valence-corrected chi connectivity index (χ0v) is 13.3. The largest absolute Gasteiger partial charge is 0.378 e. The number of ether oxygens (including phenoxy) is 1. The number of hydrogen-bond donors (Lipinski definition) is 0. The molecule has 6 heteroatoms. The molecule has 4 nitrogen and oxygen atoms in total. The molecule has 0 aromatic heterocycles. The SMILES string of the molecule is CC(C)COC1CCN(S(=O)(=O)c2cccc(F)c2)CC1. The summed E-state index contributed by atoms with van der Waals surface area (Å²) in [5.74, 6) is -0.0646. The summed E-state index contributed by atoms with van der Waals surface area (Å²) in [6, 6.07) is 5.15. The Morgan fingerprint density at radius 2 is 2.00 bits per heavy atom. The molecule has 0 aliphatic carbocycles. The molecule has 1 aliphatic heterocycles. The number of benzene rings is 1. The van der Waals surface area contributed by atoms with E-state index in [9.17, 15) is 12.8 Å². The first-order valence-electron chi connectivity index (χ1n) is 7.27. The molecule has 1 saturated heterocycles. The number of sulfonamides is 1. The Morgan fingerprint density at radius 3 is 2.57 bits per heavy atom. The molecular formula is C15H22FNO3S. The molecule has 0 unspecified atom stereocenters. The van der Waals surface area contributed by atoms with Crippen molar-refractivity contribution in [3.63, 3.8) is 0 Å².